The molecule has 0 bridgehead atoms. The molecule has 2 aromatic rings. The lowest BCUT2D eigenvalue weighted by atomic mass is 10.1. The molecule has 0 saturated heterocycles. The fourth-order valence-electron chi connectivity index (χ4n) is 2.40. The molecule has 0 unspecified atom stereocenters. The number of para-hydroxylation sites is 1. The van der Waals surface area contributed by atoms with E-state index in [-0.39, 0.29) is 0 Å². The zero-order chi connectivity index (χ0) is 15.1. The predicted molar refractivity (Wildman–Crippen MR) is 90.5 cm³/mol. The Labute approximate surface area is 127 Å². The lowest BCUT2D eigenvalue weighted by Crippen LogP contribution is -2.15. The van der Waals surface area contributed by atoms with E-state index in [9.17, 15) is 0 Å². The zero-order valence-corrected chi connectivity index (χ0v) is 13.1. The summed E-state index contributed by atoms with van der Waals surface area (Å²) in [4.78, 5) is 0. The van der Waals surface area contributed by atoms with Crippen molar-refractivity contribution < 1.29 is 4.74 Å². The molecule has 2 rings (SSSR count). The van der Waals surface area contributed by atoms with Crippen LogP contribution >= 0.6 is 0 Å². The van der Waals surface area contributed by atoms with E-state index in [0.29, 0.717) is 0 Å². The quantitative estimate of drug-likeness (QED) is 0.751. The predicted octanol–water partition coefficient (Wildman–Crippen LogP) is 4.09. The van der Waals surface area contributed by atoms with Gasteiger partial charge < -0.3 is 15.4 Å². The molecule has 0 radical (unpaired) electrons. The van der Waals surface area contributed by atoms with Gasteiger partial charge in [-0.2, -0.15) is 0 Å². The van der Waals surface area contributed by atoms with E-state index in [1.54, 1.807) is 7.11 Å². The molecule has 0 aliphatic rings. The molecule has 112 valence electrons. The van der Waals surface area contributed by atoms with Crippen LogP contribution in [0.15, 0.2) is 42.5 Å². The van der Waals surface area contributed by atoms with Crippen LogP contribution in [0.5, 0.6) is 5.75 Å². The standard InChI is InChI=1S/C18H24N2O/c1-4-15-8-5-7-14(2)18(15)20-12-11-19-16-9-6-10-17(13-16)21-3/h5-10,13,19-20H,4,11-12H2,1-3H3. The molecule has 0 saturated carbocycles. The molecule has 3 nitrogen and oxygen atoms in total. The van der Waals surface area contributed by atoms with Crippen LogP contribution in [0.4, 0.5) is 11.4 Å². The zero-order valence-electron chi connectivity index (χ0n) is 13.1. The monoisotopic (exact) mass is 284 g/mol. The molecular formula is C18H24N2O. The molecule has 2 N–H and O–H groups in total. The van der Waals surface area contributed by atoms with Crippen LogP contribution < -0.4 is 15.4 Å². The van der Waals surface area contributed by atoms with Gasteiger partial charge in [0.25, 0.3) is 0 Å². The van der Waals surface area contributed by atoms with Gasteiger partial charge in [-0.3, -0.25) is 0 Å². The second-order valence-corrected chi connectivity index (χ2v) is 5.05. The summed E-state index contributed by atoms with van der Waals surface area (Å²) >= 11 is 0. The van der Waals surface area contributed by atoms with Gasteiger partial charge in [-0.15, -0.1) is 0 Å². The second-order valence-electron chi connectivity index (χ2n) is 5.05. The molecule has 21 heavy (non-hydrogen) atoms. The minimum absolute atomic E-state index is 0.866. The lowest BCUT2D eigenvalue weighted by molar-refractivity contribution is 0.415. The number of hydrogen-bond donors (Lipinski definition) is 2. The Balaban J connectivity index is 1.87. The van der Waals surface area contributed by atoms with Crippen molar-refractivity contribution in [3.8, 4) is 5.75 Å². The fraction of sp³-hybridized carbons (Fsp3) is 0.333. The highest BCUT2D eigenvalue weighted by Gasteiger charge is 2.03. The SMILES string of the molecule is CCc1cccc(C)c1NCCNc1cccc(OC)c1. The van der Waals surface area contributed by atoms with Gasteiger partial charge >= 0.3 is 0 Å². The minimum Gasteiger partial charge on any atom is -0.497 e. The summed E-state index contributed by atoms with van der Waals surface area (Å²) in [5.41, 5.74) is 5.02. The van der Waals surface area contributed by atoms with Gasteiger partial charge in [-0.1, -0.05) is 31.2 Å². The molecule has 0 atom stereocenters. The van der Waals surface area contributed by atoms with Gasteiger partial charge in [0.05, 0.1) is 7.11 Å². The smallest absolute Gasteiger partial charge is 0.120 e. The summed E-state index contributed by atoms with van der Waals surface area (Å²) in [6.07, 6.45) is 1.05. The molecule has 0 aliphatic carbocycles. The van der Waals surface area contributed by atoms with Crippen molar-refractivity contribution in [2.24, 2.45) is 0 Å². The average Bonchev–Trinajstić information content (AvgIpc) is 2.52. The molecular weight excluding hydrogens is 260 g/mol. The van der Waals surface area contributed by atoms with Crippen molar-refractivity contribution in [2.75, 3.05) is 30.8 Å². The summed E-state index contributed by atoms with van der Waals surface area (Å²) in [6, 6.07) is 14.4. The summed E-state index contributed by atoms with van der Waals surface area (Å²) < 4.78 is 5.22. The highest BCUT2D eigenvalue weighted by molar-refractivity contribution is 5.57. The number of methoxy groups -OCH3 is 1. The van der Waals surface area contributed by atoms with E-state index < -0.39 is 0 Å². The Kier molecular flexibility index (Phi) is 5.50. The third kappa shape index (κ3) is 4.15. The first-order valence-electron chi connectivity index (χ1n) is 7.45. The summed E-state index contributed by atoms with van der Waals surface area (Å²) in [5, 5.41) is 6.94. The van der Waals surface area contributed by atoms with Gasteiger partial charge in [0.1, 0.15) is 5.75 Å². The summed E-state index contributed by atoms with van der Waals surface area (Å²) in [6.45, 7) is 6.09. The fourth-order valence-corrected chi connectivity index (χ4v) is 2.40. The van der Waals surface area contributed by atoms with Crippen molar-refractivity contribution in [3.63, 3.8) is 0 Å². The van der Waals surface area contributed by atoms with Crippen LogP contribution in [0.25, 0.3) is 0 Å². The van der Waals surface area contributed by atoms with Gasteiger partial charge in [0, 0.05) is 30.5 Å². The van der Waals surface area contributed by atoms with E-state index in [1.807, 2.05) is 24.3 Å². The lowest BCUT2D eigenvalue weighted by Gasteiger charge is -2.15. The first-order valence-corrected chi connectivity index (χ1v) is 7.45. The van der Waals surface area contributed by atoms with Gasteiger partial charge in [0.15, 0.2) is 0 Å². The maximum absolute atomic E-state index is 5.22. The molecule has 0 spiro atoms. The van der Waals surface area contributed by atoms with Crippen LogP contribution in [-0.4, -0.2) is 20.2 Å². The number of benzene rings is 2. The van der Waals surface area contributed by atoms with Crippen molar-refractivity contribution in [2.45, 2.75) is 20.3 Å². The average molecular weight is 284 g/mol. The summed E-state index contributed by atoms with van der Waals surface area (Å²) in [5.74, 6) is 0.875. The Bertz CT molecular complexity index is 581. The number of nitrogens with one attached hydrogen (secondary N) is 2. The van der Waals surface area contributed by atoms with E-state index >= 15 is 0 Å². The Morgan fingerprint density at radius 2 is 1.76 bits per heavy atom. The van der Waals surface area contributed by atoms with Crippen LogP contribution in [0, 0.1) is 6.92 Å². The molecule has 2 aromatic carbocycles. The largest absolute Gasteiger partial charge is 0.497 e. The van der Waals surface area contributed by atoms with E-state index in [1.165, 1.54) is 16.8 Å². The minimum atomic E-state index is 0.866. The molecule has 0 amide bonds. The van der Waals surface area contributed by atoms with E-state index in [4.69, 9.17) is 4.74 Å². The van der Waals surface area contributed by atoms with E-state index in [2.05, 4.69) is 42.7 Å². The van der Waals surface area contributed by atoms with Crippen molar-refractivity contribution in [1.29, 1.82) is 0 Å². The number of ether oxygens (including phenoxy) is 1. The number of anilines is 2. The second kappa shape index (κ2) is 7.58. The molecule has 0 aromatic heterocycles. The van der Waals surface area contributed by atoms with Crippen LogP contribution in [0.1, 0.15) is 18.1 Å². The number of aryl methyl sites for hydroxylation is 2. The van der Waals surface area contributed by atoms with Gasteiger partial charge in [-0.05, 0) is 36.6 Å². The first kappa shape index (κ1) is 15.2. The topological polar surface area (TPSA) is 33.3 Å². The third-order valence-electron chi connectivity index (χ3n) is 3.57. The normalized spacial score (nSPS) is 10.2. The Hall–Kier alpha value is -2.16. The van der Waals surface area contributed by atoms with Gasteiger partial charge in [0.2, 0.25) is 0 Å². The number of rotatable bonds is 7. The van der Waals surface area contributed by atoms with Crippen molar-refractivity contribution in [1.82, 2.24) is 0 Å². The summed E-state index contributed by atoms with van der Waals surface area (Å²) in [7, 11) is 1.69. The maximum Gasteiger partial charge on any atom is 0.120 e. The van der Waals surface area contributed by atoms with Gasteiger partial charge in [-0.25, -0.2) is 0 Å². The van der Waals surface area contributed by atoms with E-state index in [0.717, 1.165) is 30.9 Å². The molecule has 0 fully saturated rings. The number of hydrogen-bond acceptors (Lipinski definition) is 3. The molecule has 3 heteroatoms. The molecule has 0 aliphatic heterocycles. The third-order valence-corrected chi connectivity index (χ3v) is 3.57. The Morgan fingerprint density at radius 3 is 2.52 bits per heavy atom. The van der Waals surface area contributed by atoms with Crippen molar-refractivity contribution in [3.05, 3.63) is 53.6 Å². The van der Waals surface area contributed by atoms with Crippen molar-refractivity contribution >= 4 is 11.4 Å². The Morgan fingerprint density at radius 1 is 1.00 bits per heavy atom. The maximum atomic E-state index is 5.22. The highest BCUT2D eigenvalue weighted by Crippen LogP contribution is 2.21. The highest BCUT2D eigenvalue weighted by atomic mass is 16.5. The first-order chi connectivity index (χ1) is 10.2. The molecule has 0 heterocycles. The van der Waals surface area contributed by atoms with Crippen LogP contribution in [0.2, 0.25) is 0 Å². The van der Waals surface area contributed by atoms with Crippen LogP contribution in [-0.2, 0) is 6.42 Å². The van der Waals surface area contributed by atoms with Crippen LogP contribution in [0.3, 0.4) is 0 Å².